The summed E-state index contributed by atoms with van der Waals surface area (Å²) < 4.78 is 5.29. The van der Waals surface area contributed by atoms with Gasteiger partial charge in [0.15, 0.2) is 0 Å². The first kappa shape index (κ1) is 13.1. The van der Waals surface area contributed by atoms with Crippen LogP contribution in [0.15, 0.2) is 18.2 Å². The Morgan fingerprint density at radius 3 is 2.89 bits per heavy atom. The molecule has 0 aliphatic carbocycles. The zero-order chi connectivity index (χ0) is 13.1. The van der Waals surface area contributed by atoms with E-state index < -0.39 is 0 Å². The van der Waals surface area contributed by atoms with Gasteiger partial charge in [-0.2, -0.15) is 0 Å². The Labute approximate surface area is 114 Å². The van der Waals surface area contributed by atoms with Crippen LogP contribution in [0.4, 0.5) is 5.69 Å². The van der Waals surface area contributed by atoms with Crippen molar-refractivity contribution in [3.05, 3.63) is 23.8 Å². The lowest BCUT2D eigenvalue weighted by Gasteiger charge is -2.22. The van der Waals surface area contributed by atoms with E-state index in [1.54, 1.807) is 7.11 Å². The zero-order valence-corrected chi connectivity index (χ0v) is 11.8. The third-order valence-corrected chi connectivity index (χ3v) is 3.89. The van der Waals surface area contributed by atoms with Crippen LogP contribution in [0.25, 0.3) is 0 Å². The van der Waals surface area contributed by atoms with Crippen LogP contribution in [0.5, 0.6) is 5.75 Å². The lowest BCUT2D eigenvalue weighted by molar-refractivity contribution is 0.415. The molecule has 1 fully saturated rings. The second kappa shape index (κ2) is 5.57. The molecule has 1 aliphatic heterocycles. The average Bonchev–Trinajstić information content (AvgIpc) is 2.86. The van der Waals surface area contributed by atoms with Gasteiger partial charge in [0.1, 0.15) is 10.7 Å². The van der Waals surface area contributed by atoms with Crippen LogP contribution in [0, 0.1) is 5.92 Å². The molecular formula is C14H20N2OS. The fraction of sp³-hybridized carbons (Fsp3) is 0.500. The SMILES string of the molecule is CCC1CCN(c2cc(OC)ccc2C(N)=S)C1. The maximum atomic E-state index is 5.80. The summed E-state index contributed by atoms with van der Waals surface area (Å²) in [6.07, 6.45) is 2.47. The fourth-order valence-electron chi connectivity index (χ4n) is 2.49. The maximum absolute atomic E-state index is 5.80. The van der Waals surface area contributed by atoms with Crippen LogP contribution in [-0.2, 0) is 0 Å². The van der Waals surface area contributed by atoms with Gasteiger partial charge < -0.3 is 15.4 Å². The minimum Gasteiger partial charge on any atom is -0.497 e. The molecular weight excluding hydrogens is 244 g/mol. The van der Waals surface area contributed by atoms with Gasteiger partial charge in [0.05, 0.1) is 12.8 Å². The van der Waals surface area contributed by atoms with Gasteiger partial charge in [-0.15, -0.1) is 0 Å². The molecule has 1 heterocycles. The number of anilines is 1. The summed E-state index contributed by atoms with van der Waals surface area (Å²) in [5, 5.41) is 0. The normalized spacial score (nSPS) is 19.0. The predicted octanol–water partition coefficient (Wildman–Crippen LogP) is 2.57. The molecule has 98 valence electrons. The molecule has 0 amide bonds. The Hall–Kier alpha value is -1.29. The van der Waals surface area contributed by atoms with Crippen LogP contribution < -0.4 is 15.4 Å². The van der Waals surface area contributed by atoms with E-state index in [9.17, 15) is 0 Å². The molecule has 1 unspecified atom stereocenters. The van der Waals surface area contributed by atoms with Gasteiger partial charge >= 0.3 is 0 Å². The second-order valence-corrected chi connectivity index (χ2v) is 5.20. The van der Waals surface area contributed by atoms with Crippen molar-refractivity contribution in [1.82, 2.24) is 0 Å². The van der Waals surface area contributed by atoms with E-state index in [1.165, 1.54) is 12.8 Å². The van der Waals surface area contributed by atoms with Crippen LogP contribution in [0.2, 0.25) is 0 Å². The molecule has 0 radical (unpaired) electrons. The van der Waals surface area contributed by atoms with Gasteiger partial charge in [-0.05, 0) is 24.5 Å². The Bertz CT molecular complexity index is 447. The highest BCUT2D eigenvalue weighted by Gasteiger charge is 2.23. The number of nitrogens with zero attached hydrogens (tertiary/aromatic N) is 1. The molecule has 4 heteroatoms. The van der Waals surface area contributed by atoms with Crippen LogP contribution in [0.3, 0.4) is 0 Å². The third kappa shape index (κ3) is 2.58. The molecule has 1 aromatic carbocycles. The molecule has 0 bridgehead atoms. The lowest BCUT2D eigenvalue weighted by atomic mass is 10.1. The van der Waals surface area contributed by atoms with Crippen molar-refractivity contribution in [3.63, 3.8) is 0 Å². The number of benzene rings is 1. The molecule has 1 aromatic rings. The van der Waals surface area contributed by atoms with E-state index >= 15 is 0 Å². The summed E-state index contributed by atoms with van der Waals surface area (Å²) >= 11 is 5.13. The molecule has 1 saturated heterocycles. The summed E-state index contributed by atoms with van der Waals surface area (Å²) in [6.45, 7) is 4.40. The van der Waals surface area contributed by atoms with Crippen molar-refractivity contribution in [2.24, 2.45) is 11.7 Å². The topological polar surface area (TPSA) is 38.5 Å². The Morgan fingerprint density at radius 2 is 2.33 bits per heavy atom. The highest BCUT2D eigenvalue weighted by Crippen LogP contribution is 2.31. The molecule has 0 aromatic heterocycles. The first-order valence-electron chi connectivity index (χ1n) is 6.38. The van der Waals surface area contributed by atoms with Crippen molar-refractivity contribution < 1.29 is 4.74 Å². The Kier molecular flexibility index (Phi) is 4.07. The largest absolute Gasteiger partial charge is 0.497 e. The summed E-state index contributed by atoms with van der Waals surface area (Å²) in [7, 11) is 1.68. The number of hydrogen-bond acceptors (Lipinski definition) is 3. The predicted molar refractivity (Wildman–Crippen MR) is 79.5 cm³/mol. The molecule has 3 nitrogen and oxygen atoms in total. The number of thiocarbonyl (C=S) groups is 1. The third-order valence-electron chi connectivity index (χ3n) is 3.67. The standard InChI is InChI=1S/C14H20N2OS/c1-3-10-6-7-16(9-10)13-8-11(17-2)4-5-12(13)14(15)18/h4-5,8,10H,3,6-7,9H2,1-2H3,(H2,15,18). The summed E-state index contributed by atoms with van der Waals surface area (Å²) in [6, 6.07) is 5.90. The van der Waals surface area contributed by atoms with Gasteiger partial charge in [0.2, 0.25) is 0 Å². The highest BCUT2D eigenvalue weighted by molar-refractivity contribution is 7.80. The van der Waals surface area contributed by atoms with E-state index in [1.807, 2.05) is 18.2 Å². The van der Waals surface area contributed by atoms with E-state index in [4.69, 9.17) is 22.7 Å². The molecule has 0 saturated carbocycles. The molecule has 2 rings (SSSR count). The fourth-order valence-corrected chi connectivity index (χ4v) is 2.67. The van der Waals surface area contributed by atoms with E-state index in [0.29, 0.717) is 4.99 Å². The zero-order valence-electron chi connectivity index (χ0n) is 11.0. The molecule has 18 heavy (non-hydrogen) atoms. The number of methoxy groups -OCH3 is 1. The first-order valence-corrected chi connectivity index (χ1v) is 6.79. The Morgan fingerprint density at radius 1 is 1.56 bits per heavy atom. The van der Waals surface area contributed by atoms with E-state index in [2.05, 4.69) is 11.8 Å². The summed E-state index contributed by atoms with van der Waals surface area (Å²) in [4.78, 5) is 2.82. The number of hydrogen-bond donors (Lipinski definition) is 1. The summed E-state index contributed by atoms with van der Waals surface area (Å²) in [5.74, 6) is 1.63. The number of nitrogens with two attached hydrogens (primary N) is 1. The first-order chi connectivity index (χ1) is 8.65. The van der Waals surface area contributed by atoms with Gasteiger partial charge in [-0.1, -0.05) is 25.6 Å². The van der Waals surface area contributed by atoms with Crippen molar-refractivity contribution in [2.75, 3.05) is 25.1 Å². The van der Waals surface area contributed by atoms with Gasteiger partial charge in [0, 0.05) is 24.7 Å². The van der Waals surface area contributed by atoms with Crippen LogP contribution in [0.1, 0.15) is 25.3 Å². The molecule has 1 atom stereocenters. The van der Waals surface area contributed by atoms with Crippen molar-refractivity contribution >= 4 is 22.9 Å². The molecule has 2 N–H and O–H groups in total. The van der Waals surface area contributed by atoms with Crippen molar-refractivity contribution in [3.8, 4) is 5.75 Å². The van der Waals surface area contributed by atoms with Crippen molar-refractivity contribution in [2.45, 2.75) is 19.8 Å². The lowest BCUT2D eigenvalue weighted by Crippen LogP contribution is -2.23. The second-order valence-electron chi connectivity index (χ2n) is 4.76. The van der Waals surface area contributed by atoms with Crippen LogP contribution >= 0.6 is 12.2 Å². The van der Waals surface area contributed by atoms with Gasteiger partial charge in [0.25, 0.3) is 0 Å². The Balaban J connectivity index is 2.32. The number of ether oxygens (including phenoxy) is 1. The van der Waals surface area contributed by atoms with Crippen molar-refractivity contribution in [1.29, 1.82) is 0 Å². The smallest absolute Gasteiger partial charge is 0.120 e. The quantitative estimate of drug-likeness (QED) is 0.848. The highest BCUT2D eigenvalue weighted by atomic mass is 32.1. The molecule has 1 aliphatic rings. The van der Waals surface area contributed by atoms with E-state index in [0.717, 1.165) is 36.0 Å². The average molecular weight is 264 g/mol. The maximum Gasteiger partial charge on any atom is 0.120 e. The van der Waals surface area contributed by atoms with Gasteiger partial charge in [-0.25, -0.2) is 0 Å². The number of rotatable bonds is 4. The van der Waals surface area contributed by atoms with E-state index in [-0.39, 0.29) is 0 Å². The minimum atomic E-state index is 0.451. The monoisotopic (exact) mass is 264 g/mol. The summed E-state index contributed by atoms with van der Waals surface area (Å²) in [5.41, 5.74) is 7.86. The minimum absolute atomic E-state index is 0.451. The molecule has 0 spiro atoms. The van der Waals surface area contributed by atoms with Gasteiger partial charge in [-0.3, -0.25) is 0 Å². The van der Waals surface area contributed by atoms with Crippen LogP contribution in [-0.4, -0.2) is 25.2 Å².